The maximum Gasteiger partial charge on any atom is 0.0493 e. The van der Waals surface area contributed by atoms with Gasteiger partial charge in [0.25, 0.3) is 0 Å². The highest BCUT2D eigenvalue weighted by molar-refractivity contribution is 5.30. The Hall–Kier alpha value is -0.860. The van der Waals surface area contributed by atoms with Crippen molar-refractivity contribution in [2.24, 2.45) is 17.2 Å². The maximum atomic E-state index is 5.98. The highest BCUT2D eigenvalue weighted by Gasteiger charge is 2.38. The van der Waals surface area contributed by atoms with Crippen LogP contribution < -0.4 is 11.3 Å². The molecule has 0 amide bonds. The van der Waals surface area contributed by atoms with Crippen molar-refractivity contribution >= 4 is 0 Å². The largest absolute Gasteiger partial charge is 0.271 e. The monoisotopic (exact) mass is 286 g/mol. The lowest BCUT2D eigenvalue weighted by Crippen LogP contribution is -2.41. The molecule has 0 aliphatic heterocycles. The van der Waals surface area contributed by atoms with Gasteiger partial charge in [0.1, 0.15) is 0 Å². The Balaban J connectivity index is 1.85. The molecule has 0 saturated heterocycles. The number of nitrogens with one attached hydrogen (secondary N) is 1. The van der Waals surface area contributed by atoms with Gasteiger partial charge >= 0.3 is 0 Å². The Morgan fingerprint density at radius 1 is 1.14 bits per heavy atom. The smallest absolute Gasteiger partial charge is 0.0493 e. The summed E-state index contributed by atoms with van der Waals surface area (Å²) in [6.07, 6.45) is 9.42. The van der Waals surface area contributed by atoms with Crippen LogP contribution in [0.2, 0.25) is 0 Å². The SMILES string of the molecule is CC1(C)CCCCC1C(NN)c1cccc(C2CCC2)c1. The zero-order valence-corrected chi connectivity index (χ0v) is 13.6. The van der Waals surface area contributed by atoms with E-state index in [1.54, 1.807) is 0 Å². The topological polar surface area (TPSA) is 38.0 Å². The zero-order valence-electron chi connectivity index (χ0n) is 13.6. The van der Waals surface area contributed by atoms with Crippen molar-refractivity contribution in [1.29, 1.82) is 0 Å². The lowest BCUT2D eigenvalue weighted by molar-refractivity contribution is 0.0982. The fourth-order valence-corrected chi connectivity index (χ4v) is 4.33. The van der Waals surface area contributed by atoms with E-state index in [-0.39, 0.29) is 0 Å². The van der Waals surface area contributed by atoms with Crippen molar-refractivity contribution in [3.8, 4) is 0 Å². The van der Waals surface area contributed by atoms with Gasteiger partial charge < -0.3 is 0 Å². The highest BCUT2D eigenvalue weighted by atomic mass is 15.2. The van der Waals surface area contributed by atoms with Crippen LogP contribution in [0.3, 0.4) is 0 Å². The first-order chi connectivity index (χ1) is 10.1. The van der Waals surface area contributed by atoms with Crippen molar-refractivity contribution in [3.05, 3.63) is 35.4 Å². The summed E-state index contributed by atoms with van der Waals surface area (Å²) < 4.78 is 0. The minimum absolute atomic E-state index is 0.292. The summed E-state index contributed by atoms with van der Waals surface area (Å²) in [5.74, 6) is 7.41. The van der Waals surface area contributed by atoms with Crippen molar-refractivity contribution < 1.29 is 0 Å². The molecule has 0 bridgehead atoms. The number of rotatable bonds is 4. The molecule has 2 unspecified atom stereocenters. The van der Waals surface area contributed by atoms with Crippen LogP contribution in [0.5, 0.6) is 0 Å². The molecule has 3 rings (SSSR count). The van der Waals surface area contributed by atoms with Crippen molar-refractivity contribution in [1.82, 2.24) is 5.43 Å². The Labute approximate surface area is 129 Å². The van der Waals surface area contributed by atoms with Crippen LogP contribution in [0.1, 0.15) is 81.9 Å². The molecule has 116 valence electrons. The highest BCUT2D eigenvalue weighted by Crippen LogP contribution is 2.47. The molecule has 2 atom stereocenters. The molecule has 2 heteroatoms. The number of hydrazine groups is 1. The molecule has 3 N–H and O–H groups in total. The standard InChI is InChI=1S/C19H30N2/c1-19(2)12-4-3-11-17(19)18(21-20)16-10-6-9-15(13-16)14-7-5-8-14/h6,9-10,13-14,17-18,21H,3-5,7-8,11-12,20H2,1-2H3. The van der Waals surface area contributed by atoms with Gasteiger partial charge in [0.05, 0.1) is 0 Å². The molecule has 2 nitrogen and oxygen atoms in total. The van der Waals surface area contributed by atoms with E-state index in [1.807, 2.05) is 0 Å². The predicted octanol–water partition coefficient (Wildman–Crippen LogP) is 4.67. The van der Waals surface area contributed by atoms with Gasteiger partial charge in [-0.2, -0.15) is 0 Å². The molecule has 0 radical (unpaired) electrons. The van der Waals surface area contributed by atoms with Gasteiger partial charge in [0.2, 0.25) is 0 Å². The molecule has 21 heavy (non-hydrogen) atoms. The molecule has 0 heterocycles. The minimum Gasteiger partial charge on any atom is -0.271 e. The molecule has 0 spiro atoms. The quantitative estimate of drug-likeness (QED) is 0.623. The first kappa shape index (κ1) is 15.1. The summed E-state index contributed by atoms with van der Waals surface area (Å²) in [5.41, 5.74) is 6.43. The third-order valence-corrected chi connectivity index (χ3v) is 6.02. The molecule has 1 aromatic rings. The van der Waals surface area contributed by atoms with Crippen molar-refractivity contribution in [2.45, 2.75) is 70.8 Å². The van der Waals surface area contributed by atoms with Crippen molar-refractivity contribution in [3.63, 3.8) is 0 Å². The molecule has 2 fully saturated rings. The van der Waals surface area contributed by atoms with Gasteiger partial charge in [-0.15, -0.1) is 0 Å². The Morgan fingerprint density at radius 3 is 2.57 bits per heavy atom. The first-order valence-electron chi connectivity index (χ1n) is 8.68. The minimum atomic E-state index is 0.292. The number of benzene rings is 1. The molecular weight excluding hydrogens is 256 g/mol. The molecule has 2 saturated carbocycles. The molecular formula is C19H30N2. The fourth-order valence-electron chi connectivity index (χ4n) is 4.33. The summed E-state index contributed by atoms with van der Waals surface area (Å²) in [5, 5.41) is 0. The average Bonchev–Trinajstić information content (AvgIpc) is 2.40. The first-order valence-corrected chi connectivity index (χ1v) is 8.68. The van der Waals surface area contributed by atoms with Crippen LogP contribution >= 0.6 is 0 Å². The van der Waals surface area contributed by atoms with Gasteiger partial charge in [-0.3, -0.25) is 11.3 Å². The summed E-state index contributed by atoms with van der Waals surface area (Å²) >= 11 is 0. The second kappa shape index (κ2) is 6.10. The van der Waals surface area contributed by atoms with Crippen LogP contribution in [-0.2, 0) is 0 Å². The second-order valence-corrected chi connectivity index (χ2v) is 7.78. The zero-order chi connectivity index (χ0) is 14.9. The maximum absolute atomic E-state index is 5.98. The van der Waals surface area contributed by atoms with Gasteiger partial charge in [-0.25, -0.2) is 0 Å². The average molecular weight is 286 g/mol. The van der Waals surface area contributed by atoms with E-state index < -0.39 is 0 Å². The van der Waals surface area contributed by atoms with E-state index in [1.165, 1.54) is 56.1 Å². The van der Waals surface area contributed by atoms with E-state index in [0.717, 1.165) is 5.92 Å². The van der Waals surface area contributed by atoms with Crippen LogP contribution in [-0.4, -0.2) is 0 Å². The summed E-state index contributed by atoms with van der Waals surface area (Å²) in [6, 6.07) is 9.49. The Bertz CT molecular complexity index is 476. The van der Waals surface area contributed by atoms with Gasteiger partial charge in [0, 0.05) is 6.04 Å². The Morgan fingerprint density at radius 2 is 1.95 bits per heavy atom. The normalized spacial score (nSPS) is 27.1. The Kier molecular flexibility index (Phi) is 4.37. The molecule has 2 aliphatic carbocycles. The summed E-state index contributed by atoms with van der Waals surface area (Å²) in [4.78, 5) is 0. The van der Waals surface area contributed by atoms with E-state index in [4.69, 9.17) is 5.84 Å². The molecule has 2 aliphatic rings. The number of hydrogen-bond acceptors (Lipinski definition) is 2. The lowest BCUT2D eigenvalue weighted by atomic mass is 9.64. The summed E-state index contributed by atoms with van der Waals surface area (Å²) in [7, 11) is 0. The van der Waals surface area contributed by atoms with Crippen LogP contribution in [0.25, 0.3) is 0 Å². The van der Waals surface area contributed by atoms with Gasteiger partial charge in [0.15, 0.2) is 0 Å². The van der Waals surface area contributed by atoms with E-state index in [9.17, 15) is 0 Å². The second-order valence-electron chi connectivity index (χ2n) is 7.78. The molecule has 0 aromatic heterocycles. The lowest BCUT2D eigenvalue weighted by Gasteiger charge is -2.43. The number of hydrogen-bond donors (Lipinski definition) is 2. The van der Waals surface area contributed by atoms with E-state index in [0.29, 0.717) is 17.4 Å². The summed E-state index contributed by atoms with van der Waals surface area (Å²) in [6.45, 7) is 4.83. The number of nitrogens with two attached hydrogens (primary N) is 1. The van der Waals surface area contributed by atoms with Crippen LogP contribution in [0.15, 0.2) is 24.3 Å². The van der Waals surface area contributed by atoms with Gasteiger partial charge in [-0.05, 0) is 54.1 Å². The van der Waals surface area contributed by atoms with Gasteiger partial charge in [-0.1, -0.05) is 57.4 Å². The van der Waals surface area contributed by atoms with E-state index >= 15 is 0 Å². The predicted molar refractivity (Wildman–Crippen MR) is 88.8 cm³/mol. The van der Waals surface area contributed by atoms with Crippen molar-refractivity contribution in [2.75, 3.05) is 0 Å². The fraction of sp³-hybridized carbons (Fsp3) is 0.684. The third kappa shape index (κ3) is 3.02. The van der Waals surface area contributed by atoms with Crippen LogP contribution in [0, 0.1) is 11.3 Å². The van der Waals surface area contributed by atoms with Crippen LogP contribution in [0.4, 0.5) is 0 Å². The third-order valence-electron chi connectivity index (χ3n) is 6.02. The van der Waals surface area contributed by atoms with E-state index in [2.05, 4.69) is 43.5 Å². The molecule has 1 aromatic carbocycles.